The van der Waals surface area contributed by atoms with Crippen molar-refractivity contribution < 1.29 is 9.18 Å². The minimum Gasteiger partial charge on any atom is -0.399 e. The Morgan fingerprint density at radius 3 is 2.65 bits per heavy atom. The van der Waals surface area contributed by atoms with E-state index in [1.165, 1.54) is 24.3 Å². The molecule has 0 spiro atoms. The van der Waals surface area contributed by atoms with Gasteiger partial charge in [-0.25, -0.2) is 4.39 Å². The number of anilines is 2. The van der Waals surface area contributed by atoms with Gasteiger partial charge in [0.05, 0.1) is 22.3 Å². The van der Waals surface area contributed by atoms with Crippen molar-refractivity contribution in [3.8, 4) is 6.07 Å². The zero-order valence-corrected chi connectivity index (χ0v) is 10.9. The number of halogens is 2. The van der Waals surface area contributed by atoms with Gasteiger partial charge in [0.1, 0.15) is 5.82 Å². The fourth-order valence-electron chi connectivity index (χ4n) is 1.62. The molecule has 6 heteroatoms. The monoisotopic (exact) mass is 289 g/mol. The van der Waals surface area contributed by atoms with E-state index in [-0.39, 0.29) is 16.3 Å². The molecule has 2 aromatic rings. The molecule has 20 heavy (non-hydrogen) atoms. The third-order valence-corrected chi connectivity index (χ3v) is 2.84. The third kappa shape index (κ3) is 3.05. The predicted octanol–water partition coefficient (Wildman–Crippen LogP) is 3.19. The average molecular weight is 290 g/mol. The number of nitrogens with two attached hydrogens (primary N) is 1. The highest BCUT2D eigenvalue weighted by atomic mass is 35.5. The van der Waals surface area contributed by atoms with Gasteiger partial charge >= 0.3 is 0 Å². The van der Waals surface area contributed by atoms with Crippen molar-refractivity contribution in [2.24, 2.45) is 0 Å². The van der Waals surface area contributed by atoms with Crippen molar-refractivity contribution in [3.05, 3.63) is 58.4 Å². The van der Waals surface area contributed by atoms with E-state index in [1.54, 1.807) is 0 Å². The highest BCUT2D eigenvalue weighted by molar-refractivity contribution is 6.34. The highest BCUT2D eigenvalue weighted by Crippen LogP contribution is 2.23. The number of nitrogen functional groups attached to an aromatic ring is 1. The Balaban J connectivity index is 2.26. The minimum atomic E-state index is -0.596. The van der Waals surface area contributed by atoms with Crippen LogP contribution >= 0.6 is 11.6 Å². The van der Waals surface area contributed by atoms with Crippen LogP contribution in [0.4, 0.5) is 15.8 Å². The molecule has 0 atom stereocenters. The number of hydrogen-bond donors (Lipinski definition) is 2. The second kappa shape index (κ2) is 5.59. The van der Waals surface area contributed by atoms with Gasteiger partial charge in [-0.2, -0.15) is 5.26 Å². The Morgan fingerprint density at radius 2 is 2.05 bits per heavy atom. The largest absolute Gasteiger partial charge is 0.399 e. The normalized spacial score (nSPS) is 9.85. The molecular weight excluding hydrogens is 281 g/mol. The van der Waals surface area contributed by atoms with Crippen LogP contribution in [0.25, 0.3) is 0 Å². The van der Waals surface area contributed by atoms with E-state index in [1.807, 2.05) is 6.07 Å². The zero-order chi connectivity index (χ0) is 14.7. The minimum absolute atomic E-state index is 0.0860. The van der Waals surface area contributed by atoms with Crippen molar-refractivity contribution >= 4 is 28.9 Å². The summed E-state index contributed by atoms with van der Waals surface area (Å²) in [5.41, 5.74) is 6.43. The SMILES string of the molecule is N#Cc1ccc(NC(=O)c2cc(N)cc(F)c2)c(Cl)c1. The Hall–Kier alpha value is -2.58. The maximum absolute atomic E-state index is 13.2. The van der Waals surface area contributed by atoms with Crippen LogP contribution in [0, 0.1) is 17.1 Å². The Kier molecular flexibility index (Phi) is 3.87. The van der Waals surface area contributed by atoms with Crippen molar-refractivity contribution in [1.29, 1.82) is 5.26 Å². The van der Waals surface area contributed by atoms with E-state index < -0.39 is 11.7 Å². The molecule has 4 nitrogen and oxygen atoms in total. The van der Waals surface area contributed by atoms with E-state index in [9.17, 15) is 9.18 Å². The lowest BCUT2D eigenvalue weighted by Gasteiger charge is -2.08. The van der Waals surface area contributed by atoms with Crippen LogP contribution in [-0.2, 0) is 0 Å². The molecule has 0 aromatic heterocycles. The summed E-state index contributed by atoms with van der Waals surface area (Å²) in [6.07, 6.45) is 0. The van der Waals surface area contributed by atoms with Gasteiger partial charge in [0.25, 0.3) is 5.91 Å². The predicted molar refractivity (Wildman–Crippen MR) is 74.9 cm³/mol. The molecule has 100 valence electrons. The molecule has 0 aliphatic carbocycles. The van der Waals surface area contributed by atoms with Crippen LogP contribution in [0.3, 0.4) is 0 Å². The standard InChI is InChI=1S/C14H9ClFN3O/c15-12-3-8(7-17)1-2-13(12)19-14(20)9-4-10(16)6-11(18)5-9/h1-6H,18H2,(H,19,20). The summed E-state index contributed by atoms with van der Waals surface area (Å²) in [4.78, 5) is 12.0. The van der Waals surface area contributed by atoms with Gasteiger partial charge in [0.2, 0.25) is 0 Å². The molecule has 0 fully saturated rings. The number of nitrogens with zero attached hydrogens (tertiary/aromatic N) is 1. The lowest BCUT2D eigenvalue weighted by molar-refractivity contribution is 0.102. The summed E-state index contributed by atoms with van der Waals surface area (Å²) in [6, 6.07) is 9.92. The maximum atomic E-state index is 13.2. The van der Waals surface area contributed by atoms with E-state index in [2.05, 4.69) is 5.32 Å². The molecule has 3 N–H and O–H groups in total. The number of benzene rings is 2. The van der Waals surface area contributed by atoms with Crippen molar-refractivity contribution in [2.75, 3.05) is 11.1 Å². The van der Waals surface area contributed by atoms with Crippen LogP contribution in [0.5, 0.6) is 0 Å². The summed E-state index contributed by atoms with van der Waals surface area (Å²) in [7, 11) is 0. The van der Waals surface area contributed by atoms with Gasteiger partial charge in [-0.3, -0.25) is 4.79 Å². The molecule has 0 unspecified atom stereocenters. The van der Waals surface area contributed by atoms with Crippen molar-refractivity contribution in [3.63, 3.8) is 0 Å². The van der Waals surface area contributed by atoms with E-state index in [0.29, 0.717) is 11.3 Å². The summed E-state index contributed by atoms with van der Waals surface area (Å²) in [6.45, 7) is 0. The van der Waals surface area contributed by atoms with E-state index in [4.69, 9.17) is 22.6 Å². The Labute approximate surface area is 119 Å². The van der Waals surface area contributed by atoms with Crippen LogP contribution in [0.2, 0.25) is 5.02 Å². The number of nitrogens with one attached hydrogen (secondary N) is 1. The number of rotatable bonds is 2. The van der Waals surface area contributed by atoms with Crippen molar-refractivity contribution in [1.82, 2.24) is 0 Å². The number of amides is 1. The number of carbonyl (C=O) groups is 1. The first kappa shape index (κ1) is 13.8. The van der Waals surface area contributed by atoms with Crippen molar-refractivity contribution in [2.45, 2.75) is 0 Å². The molecule has 0 bridgehead atoms. The fourth-order valence-corrected chi connectivity index (χ4v) is 1.85. The molecule has 1 amide bonds. The second-order valence-corrected chi connectivity index (χ2v) is 4.44. The topological polar surface area (TPSA) is 78.9 Å². The smallest absolute Gasteiger partial charge is 0.255 e. The van der Waals surface area contributed by atoms with Crippen LogP contribution in [0.1, 0.15) is 15.9 Å². The maximum Gasteiger partial charge on any atom is 0.255 e. The molecule has 2 aromatic carbocycles. The molecule has 2 rings (SSSR count). The first-order chi connectivity index (χ1) is 9.49. The molecular formula is C14H9ClFN3O. The van der Waals surface area contributed by atoms with E-state index in [0.717, 1.165) is 12.1 Å². The molecule has 0 saturated carbocycles. The Bertz CT molecular complexity index is 705. The van der Waals surface area contributed by atoms with Gasteiger partial charge in [-0.05, 0) is 36.4 Å². The number of carbonyl (C=O) groups excluding carboxylic acids is 1. The van der Waals surface area contributed by atoms with Crippen LogP contribution in [-0.4, -0.2) is 5.91 Å². The first-order valence-corrected chi connectivity index (χ1v) is 5.94. The molecule has 0 heterocycles. The molecule has 0 aliphatic heterocycles. The first-order valence-electron chi connectivity index (χ1n) is 5.56. The van der Waals surface area contributed by atoms with Crippen LogP contribution in [0.15, 0.2) is 36.4 Å². The van der Waals surface area contributed by atoms with Crippen LogP contribution < -0.4 is 11.1 Å². The second-order valence-electron chi connectivity index (χ2n) is 4.03. The number of nitriles is 1. The van der Waals surface area contributed by atoms with Gasteiger partial charge in [0.15, 0.2) is 0 Å². The molecule has 0 saturated heterocycles. The summed E-state index contributed by atoms with van der Waals surface area (Å²) in [5, 5.41) is 11.5. The molecule has 0 aliphatic rings. The highest BCUT2D eigenvalue weighted by Gasteiger charge is 2.11. The lowest BCUT2D eigenvalue weighted by Crippen LogP contribution is -2.13. The summed E-state index contributed by atoms with van der Waals surface area (Å²) in [5.74, 6) is -1.14. The average Bonchev–Trinajstić information content (AvgIpc) is 2.39. The van der Waals surface area contributed by atoms with Gasteiger partial charge in [-0.1, -0.05) is 11.6 Å². The fraction of sp³-hybridized carbons (Fsp3) is 0. The van der Waals surface area contributed by atoms with E-state index >= 15 is 0 Å². The van der Waals surface area contributed by atoms with Gasteiger partial charge < -0.3 is 11.1 Å². The Morgan fingerprint density at radius 1 is 1.30 bits per heavy atom. The zero-order valence-electron chi connectivity index (χ0n) is 10.2. The third-order valence-electron chi connectivity index (χ3n) is 2.53. The van der Waals surface area contributed by atoms with Gasteiger partial charge in [0, 0.05) is 11.3 Å². The molecule has 0 radical (unpaired) electrons. The van der Waals surface area contributed by atoms with Gasteiger partial charge in [-0.15, -0.1) is 0 Å². The quantitative estimate of drug-likeness (QED) is 0.833. The number of hydrogen-bond acceptors (Lipinski definition) is 3. The summed E-state index contributed by atoms with van der Waals surface area (Å²) >= 11 is 5.94. The summed E-state index contributed by atoms with van der Waals surface area (Å²) < 4.78 is 13.2. The lowest BCUT2D eigenvalue weighted by atomic mass is 10.1.